The van der Waals surface area contributed by atoms with Crippen molar-refractivity contribution in [2.45, 2.75) is 57.9 Å². The van der Waals surface area contributed by atoms with Crippen LogP contribution < -0.4 is 0 Å². The zero-order valence-electron chi connectivity index (χ0n) is 10.1. The molecule has 2 aliphatic carbocycles. The van der Waals surface area contributed by atoms with E-state index in [1.54, 1.807) is 0 Å². The number of hydrogen-bond donors (Lipinski definition) is 0. The van der Waals surface area contributed by atoms with E-state index in [0.29, 0.717) is 17.2 Å². The van der Waals surface area contributed by atoms with E-state index in [1.165, 1.54) is 25.8 Å². The lowest BCUT2D eigenvalue weighted by atomic mass is 9.70. The molecule has 2 saturated carbocycles. The van der Waals surface area contributed by atoms with Crippen molar-refractivity contribution >= 4 is 5.78 Å². The SMILES string of the molecule is CN(CC1(C)CCC1)C1CCC(=O)CC1. The predicted molar refractivity (Wildman–Crippen MR) is 61.9 cm³/mol. The molecule has 0 aromatic heterocycles. The Kier molecular flexibility index (Phi) is 3.15. The van der Waals surface area contributed by atoms with Crippen molar-refractivity contribution in [1.82, 2.24) is 4.90 Å². The van der Waals surface area contributed by atoms with Gasteiger partial charge in [-0.2, -0.15) is 0 Å². The Bertz CT molecular complexity index is 235. The van der Waals surface area contributed by atoms with E-state index < -0.39 is 0 Å². The molecule has 2 aliphatic rings. The molecule has 0 N–H and O–H groups in total. The molecule has 2 fully saturated rings. The van der Waals surface area contributed by atoms with E-state index in [1.807, 2.05) is 0 Å². The highest BCUT2D eigenvalue weighted by Gasteiger charge is 2.34. The third-order valence-corrected chi connectivity index (χ3v) is 4.33. The third kappa shape index (κ3) is 2.60. The van der Waals surface area contributed by atoms with Gasteiger partial charge < -0.3 is 4.90 Å². The maximum atomic E-state index is 11.2. The van der Waals surface area contributed by atoms with Gasteiger partial charge in [-0.25, -0.2) is 0 Å². The van der Waals surface area contributed by atoms with Crippen LogP contribution in [0.1, 0.15) is 51.9 Å². The van der Waals surface area contributed by atoms with Crippen LogP contribution in [0.4, 0.5) is 0 Å². The fourth-order valence-corrected chi connectivity index (χ4v) is 3.03. The monoisotopic (exact) mass is 209 g/mol. The van der Waals surface area contributed by atoms with Crippen molar-refractivity contribution in [2.24, 2.45) is 5.41 Å². The molecule has 0 heterocycles. The summed E-state index contributed by atoms with van der Waals surface area (Å²) in [6.07, 6.45) is 7.99. The van der Waals surface area contributed by atoms with E-state index in [9.17, 15) is 4.79 Å². The van der Waals surface area contributed by atoms with Crippen LogP contribution in [0.2, 0.25) is 0 Å². The fraction of sp³-hybridized carbons (Fsp3) is 0.923. The minimum Gasteiger partial charge on any atom is -0.303 e. The van der Waals surface area contributed by atoms with E-state index in [-0.39, 0.29) is 0 Å². The van der Waals surface area contributed by atoms with Crippen molar-refractivity contribution in [3.63, 3.8) is 0 Å². The molecule has 0 atom stereocenters. The summed E-state index contributed by atoms with van der Waals surface area (Å²) in [6, 6.07) is 0.667. The molecular weight excluding hydrogens is 186 g/mol. The van der Waals surface area contributed by atoms with Crippen LogP contribution in [-0.4, -0.2) is 30.3 Å². The van der Waals surface area contributed by atoms with Gasteiger partial charge in [-0.05, 0) is 38.1 Å². The standard InChI is InChI=1S/C13H23NO/c1-13(8-3-9-13)10-14(2)11-4-6-12(15)7-5-11/h11H,3-10H2,1-2H3. The van der Waals surface area contributed by atoms with Gasteiger partial charge in [-0.3, -0.25) is 4.79 Å². The zero-order valence-corrected chi connectivity index (χ0v) is 10.1. The van der Waals surface area contributed by atoms with Gasteiger partial charge in [0.25, 0.3) is 0 Å². The van der Waals surface area contributed by atoms with Crippen molar-refractivity contribution < 1.29 is 4.79 Å². The van der Waals surface area contributed by atoms with Gasteiger partial charge in [0.05, 0.1) is 0 Å². The van der Waals surface area contributed by atoms with Gasteiger partial charge in [-0.1, -0.05) is 13.3 Å². The summed E-state index contributed by atoms with van der Waals surface area (Å²) < 4.78 is 0. The molecule has 0 saturated heterocycles. The first kappa shape index (κ1) is 11.1. The van der Waals surface area contributed by atoms with Crippen molar-refractivity contribution in [3.05, 3.63) is 0 Å². The van der Waals surface area contributed by atoms with Gasteiger partial charge >= 0.3 is 0 Å². The lowest BCUT2D eigenvalue weighted by Gasteiger charge is -2.44. The smallest absolute Gasteiger partial charge is 0.133 e. The summed E-state index contributed by atoms with van der Waals surface area (Å²) in [5.41, 5.74) is 0.580. The van der Waals surface area contributed by atoms with E-state index >= 15 is 0 Å². The topological polar surface area (TPSA) is 20.3 Å². The third-order valence-electron chi connectivity index (χ3n) is 4.33. The molecule has 2 nitrogen and oxygen atoms in total. The summed E-state index contributed by atoms with van der Waals surface area (Å²) in [7, 11) is 2.24. The summed E-state index contributed by atoms with van der Waals surface area (Å²) >= 11 is 0. The molecule has 2 rings (SSSR count). The maximum absolute atomic E-state index is 11.2. The van der Waals surface area contributed by atoms with Crippen LogP contribution in [0, 0.1) is 5.41 Å². The maximum Gasteiger partial charge on any atom is 0.133 e. The molecule has 86 valence electrons. The first-order valence-electron chi connectivity index (χ1n) is 6.31. The number of ketones is 1. The van der Waals surface area contributed by atoms with Crippen LogP contribution in [0.15, 0.2) is 0 Å². The Morgan fingerprint density at radius 2 is 1.93 bits per heavy atom. The molecule has 0 unspecified atom stereocenters. The van der Waals surface area contributed by atoms with Crippen LogP contribution in [-0.2, 0) is 4.79 Å². The van der Waals surface area contributed by atoms with Crippen LogP contribution in [0.3, 0.4) is 0 Å². The number of rotatable bonds is 3. The van der Waals surface area contributed by atoms with Gasteiger partial charge in [0, 0.05) is 25.4 Å². The highest BCUT2D eigenvalue weighted by Crippen LogP contribution is 2.41. The van der Waals surface area contributed by atoms with Crippen molar-refractivity contribution in [2.75, 3.05) is 13.6 Å². The van der Waals surface area contributed by atoms with Crippen molar-refractivity contribution in [3.8, 4) is 0 Å². The summed E-state index contributed by atoms with van der Waals surface area (Å²) in [5, 5.41) is 0. The minimum atomic E-state index is 0.467. The largest absolute Gasteiger partial charge is 0.303 e. The van der Waals surface area contributed by atoms with E-state index in [0.717, 1.165) is 25.7 Å². The highest BCUT2D eigenvalue weighted by molar-refractivity contribution is 5.79. The molecule has 0 aromatic rings. The molecule has 0 radical (unpaired) electrons. The number of carbonyl (C=O) groups is 1. The first-order chi connectivity index (χ1) is 7.09. The van der Waals surface area contributed by atoms with Gasteiger partial charge in [0.2, 0.25) is 0 Å². The molecule has 2 heteroatoms. The quantitative estimate of drug-likeness (QED) is 0.712. The summed E-state index contributed by atoms with van der Waals surface area (Å²) in [4.78, 5) is 13.7. The second-order valence-corrected chi connectivity index (χ2v) is 5.85. The normalized spacial score (nSPS) is 26.7. The number of Topliss-reactive ketones (excluding diaryl/α,β-unsaturated/α-hetero) is 1. The Balaban J connectivity index is 1.80. The molecule has 0 aliphatic heterocycles. The summed E-state index contributed by atoms with van der Waals surface area (Å²) in [5.74, 6) is 0.467. The average Bonchev–Trinajstić information content (AvgIpc) is 2.16. The summed E-state index contributed by atoms with van der Waals surface area (Å²) in [6.45, 7) is 3.63. The van der Waals surface area contributed by atoms with Crippen LogP contribution >= 0.6 is 0 Å². The molecular formula is C13H23NO. The van der Waals surface area contributed by atoms with Crippen molar-refractivity contribution in [1.29, 1.82) is 0 Å². The zero-order chi connectivity index (χ0) is 10.9. The lowest BCUT2D eigenvalue weighted by molar-refractivity contribution is -0.121. The minimum absolute atomic E-state index is 0.467. The average molecular weight is 209 g/mol. The first-order valence-corrected chi connectivity index (χ1v) is 6.31. The van der Waals surface area contributed by atoms with Gasteiger partial charge in [-0.15, -0.1) is 0 Å². The van der Waals surface area contributed by atoms with Crippen LogP contribution in [0.5, 0.6) is 0 Å². The van der Waals surface area contributed by atoms with Crippen LogP contribution in [0.25, 0.3) is 0 Å². The van der Waals surface area contributed by atoms with E-state index in [4.69, 9.17) is 0 Å². The number of carbonyl (C=O) groups excluding carboxylic acids is 1. The lowest BCUT2D eigenvalue weighted by Crippen LogP contribution is -2.44. The molecule has 0 bridgehead atoms. The second-order valence-electron chi connectivity index (χ2n) is 5.85. The molecule has 0 aromatic carbocycles. The Morgan fingerprint density at radius 1 is 1.33 bits per heavy atom. The molecule has 15 heavy (non-hydrogen) atoms. The van der Waals surface area contributed by atoms with Gasteiger partial charge in [0.1, 0.15) is 5.78 Å². The Hall–Kier alpha value is -0.370. The number of hydrogen-bond acceptors (Lipinski definition) is 2. The van der Waals surface area contributed by atoms with E-state index in [2.05, 4.69) is 18.9 Å². The molecule has 0 amide bonds. The Morgan fingerprint density at radius 3 is 2.40 bits per heavy atom. The highest BCUT2D eigenvalue weighted by atomic mass is 16.1. The fourth-order valence-electron chi connectivity index (χ4n) is 3.03. The molecule has 0 spiro atoms. The Labute approximate surface area is 93.0 Å². The number of nitrogens with zero attached hydrogens (tertiary/aromatic N) is 1. The second kappa shape index (κ2) is 4.25. The predicted octanol–water partition coefficient (Wildman–Crippen LogP) is 2.62. The van der Waals surface area contributed by atoms with Gasteiger partial charge in [0.15, 0.2) is 0 Å².